The van der Waals surface area contributed by atoms with Crippen molar-refractivity contribution in [3.63, 3.8) is 0 Å². The van der Waals surface area contributed by atoms with Gasteiger partial charge in [0, 0.05) is 42.5 Å². The van der Waals surface area contributed by atoms with Crippen LogP contribution in [0.4, 0.5) is 11.5 Å². The maximum absolute atomic E-state index is 7.75. The van der Waals surface area contributed by atoms with E-state index in [0.717, 1.165) is 16.1 Å². The van der Waals surface area contributed by atoms with E-state index in [1.165, 1.54) is 17.6 Å². The predicted molar refractivity (Wildman–Crippen MR) is 95.9 cm³/mol. The first-order chi connectivity index (χ1) is 11.1. The third-order valence-electron chi connectivity index (χ3n) is 3.82. The van der Waals surface area contributed by atoms with Gasteiger partial charge in [-0.15, -0.1) is 11.3 Å². The number of halogens is 1. The molecule has 0 bridgehead atoms. The van der Waals surface area contributed by atoms with Crippen LogP contribution in [-0.2, 0) is 4.74 Å². The Bertz CT molecular complexity index is 720. The van der Waals surface area contributed by atoms with Crippen LogP contribution in [0.1, 0.15) is 5.56 Å². The van der Waals surface area contributed by atoms with Gasteiger partial charge in [0.1, 0.15) is 5.82 Å². The molecular formula is C15H18ClN5OS. The largest absolute Gasteiger partial charge is 0.383 e. The van der Waals surface area contributed by atoms with Crippen LogP contribution in [0.5, 0.6) is 0 Å². The zero-order chi connectivity index (χ0) is 16.4. The summed E-state index contributed by atoms with van der Waals surface area (Å²) in [5, 5.41) is 7.75. The zero-order valence-corrected chi connectivity index (χ0v) is 14.0. The van der Waals surface area contributed by atoms with Gasteiger partial charge in [-0.25, -0.2) is 4.98 Å². The molecule has 0 radical (unpaired) electrons. The predicted octanol–water partition coefficient (Wildman–Crippen LogP) is 2.21. The number of hydrogen-bond donors (Lipinski definition) is 3. The van der Waals surface area contributed by atoms with Crippen molar-refractivity contribution in [1.82, 2.24) is 4.98 Å². The van der Waals surface area contributed by atoms with Gasteiger partial charge in [-0.05, 0) is 12.1 Å². The van der Waals surface area contributed by atoms with Crippen LogP contribution >= 0.6 is 22.9 Å². The van der Waals surface area contributed by atoms with Crippen molar-refractivity contribution in [2.75, 3.05) is 36.9 Å². The summed E-state index contributed by atoms with van der Waals surface area (Å²) in [5.41, 5.74) is 14.2. The Hall–Kier alpha value is -1.67. The van der Waals surface area contributed by atoms with E-state index in [1.807, 2.05) is 12.1 Å². The molecule has 23 heavy (non-hydrogen) atoms. The molecule has 1 fully saturated rings. The Balaban J connectivity index is 2.12. The molecule has 1 saturated heterocycles. The van der Waals surface area contributed by atoms with Gasteiger partial charge in [-0.2, -0.15) is 0 Å². The molecule has 3 rings (SSSR count). The molecule has 8 heteroatoms. The number of nitrogens with two attached hydrogens (primary N) is 2. The quantitative estimate of drug-likeness (QED) is 0.733. The van der Waals surface area contributed by atoms with Crippen molar-refractivity contribution in [2.45, 2.75) is 6.10 Å². The number of rotatable bonds is 4. The summed E-state index contributed by atoms with van der Waals surface area (Å²) >= 11 is 7.55. The number of thiophene rings is 1. The van der Waals surface area contributed by atoms with E-state index in [-0.39, 0.29) is 6.10 Å². The highest BCUT2D eigenvalue weighted by molar-refractivity contribution is 7.19. The second-order valence-corrected chi connectivity index (χ2v) is 6.96. The minimum Gasteiger partial charge on any atom is -0.383 e. The van der Waals surface area contributed by atoms with Gasteiger partial charge >= 0.3 is 0 Å². The highest BCUT2D eigenvalue weighted by Crippen LogP contribution is 2.40. The molecule has 1 atom stereocenters. The Morgan fingerprint density at radius 2 is 2.35 bits per heavy atom. The molecule has 122 valence electrons. The van der Waals surface area contributed by atoms with Gasteiger partial charge in [0.25, 0.3) is 0 Å². The van der Waals surface area contributed by atoms with Crippen molar-refractivity contribution in [3.8, 4) is 10.4 Å². The van der Waals surface area contributed by atoms with Gasteiger partial charge in [0.05, 0.1) is 28.3 Å². The Kier molecular flexibility index (Phi) is 4.82. The molecule has 0 saturated carbocycles. The van der Waals surface area contributed by atoms with Gasteiger partial charge in [0.15, 0.2) is 0 Å². The fourth-order valence-electron chi connectivity index (χ4n) is 2.72. The van der Waals surface area contributed by atoms with Crippen molar-refractivity contribution < 1.29 is 4.74 Å². The molecule has 0 aliphatic carbocycles. The molecule has 1 aliphatic heterocycles. The molecule has 3 heterocycles. The average molecular weight is 352 g/mol. The lowest BCUT2D eigenvalue weighted by molar-refractivity contribution is 0.0466. The van der Waals surface area contributed by atoms with E-state index in [9.17, 15) is 0 Å². The van der Waals surface area contributed by atoms with E-state index in [0.29, 0.717) is 42.0 Å². The number of anilines is 2. The lowest BCUT2D eigenvalue weighted by atomic mass is 10.1. The van der Waals surface area contributed by atoms with Crippen molar-refractivity contribution in [3.05, 3.63) is 28.2 Å². The lowest BCUT2D eigenvalue weighted by Crippen LogP contribution is -2.46. The van der Waals surface area contributed by atoms with Crippen LogP contribution < -0.4 is 16.4 Å². The van der Waals surface area contributed by atoms with Crippen molar-refractivity contribution in [2.24, 2.45) is 5.73 Å². The van der Waals surface area contributed by atoms with E-state index in [1.54, 1.807) is 6.20 Å². The summed E-state index contributed by atoms with van der Waals surface area (Å²) in [5.74, 6) is 0.345. The molecular weight excluding hydrogens is 334 g/mol. The first kappa shape index (κ1) is 16.2. The zero-order valence-electron chi connectivity index (χ0n) is 12.5. The molecule has 2 aromatic rings. The third kappa shape index (κ3) is 3.18. The number of hydrogen-bond acceptors (Lipinski definition) is 7. The number of nitrogens with zero attached hydrogens (tertiary/aromatic N) is 2. The molecule has 0 aromatic carbocycles. The number of nitrogen functional groups attached to an aromatic ring is 1. The van der Waals surface area contributed by atoms with E-state index in [4.69, 9.17) is 33.2 Å². The van der Waals surface area contributed by atoms with Crippen LogP contribution in [0.2, 0.25) is 4.34 Å². The van der Waals surface area contributed by atoms with Crippen LogP contribution in [0.25, 0.3) is 10.4 Å². The maximum atomic E-state index is 7.75. The summed E-state index contributed by atoms with van der Waals surface area (Å²) in [7, 11) is 0. The smallest absolute Gasteiger partial charge is 0.134 e. The SMILES string of the molecule is N=Cc1c(N)ncc(-c2ccc(Cl)s2)c1N1CCOC(CN)C1. The van der Waals surface area contributed by atoms with Crippen LogP contribution in [0, 0.1) is 5.41 Å². The fourth-order valence-corrected chi connectivity index (χ4v) is 3.77. The highest BCUT2D eigenvalue weighted by atomic mass is 35.5. The first-order valence-corrected chi connectivity index (χ1v) is 8.44. The summed E-state index contributed by atoms with van der Waals surface area (Å²) < 4.78 is 6.35. The first-order valence-electron chi connectivity index (χ1n) is 7.25. The van der Waals surface area contributed by atoms with E-state index >= 15 is 0 Å². The minimum absolute atomic E-state index is 0.0310. The molecule has 0 spiro atoms. The van der Waals surface area contributed by atoms with Gasteiger partial charge in [0.2, 0.25) is 0 Å². The van der Waals surface area contributed by atoms with Crippen LogP contribution in [0.3, 0.4) is 0 Å². The Morgan fingerprint density at radius 3 is 3.00 bits per heavy atom. The fraction of sp³-hybridized carbons (Fsp3) is 0.333. The second kappa shape index (κ2) is 6.84. The van der Waals surface area contributed by atoms with Gasteiger partial charge in [-0.1, -0.05) is 11.6 Å². The summed E-state index contributed by atoms with van der Waals surface area (Å²) in [6.07, 6.45) is 2.97. The highest BCUT2D eigenvalue weighted by Gasteiger charge is 2.25. The summed E-state index contributed by atoms with van der Waals surface area (Å²) in [6, 6.07) is 3.81. The molecule has 1 unspecified atom stereocenters. The molecule has 6 nitrogen and oxygen atoms in total. The minimum atomic E-state index is -0.0310. The molecule has 5 N–H and O–H groups in total. The average Bonchev–Trinajstić information content (AvgIpc) is 3.00. The Morgan fingerprint density at radius 1 is 1.52 bits per heavy atom. The Labute approximate surface area is 143 Å². The molecule has 2 aromatic heterocycles. The van der Waals surface area contributed by atoms with Crippen molar-refractivity contribution in [1.29, 1.82) is 5.41 Å². The third-order valence-corrected chi connectivity index (χ3v) is 5.08. The summed E-state index contributed by atoms with van der Waals surface area (Å²) in [4.78, 5) is 7.40. The van der Waals surface area contributed by atoms with Crippen LogP contribution in [-0.4, -0.2) is 43.5 Å². The standard InChI is InChI=1S/C15H18ClN5OS/c16-13-2-1-12(23-13)11-7-20-15(19)10(6-18)14(11)21-3-4-22-9(5-17)8-21/h1-2,6-7,9,18H,3-5,8,17H2,(H2,19,20). The molecule has 0 amide bonds. The van der Waals surface area contributed by atoms with E-state index < -0.39 is 0 Å². The summed E-state index contributed by atoms with van der Waals surface area (Å²) in [6.45, 7) is 2.42. The van der Waals surface area contributed by atoms with Gasteiger partial charge in [-0.3, -0.25) is 0 Å². The van der Waals surface area contributed by atoms with Crippen LogP contribution in [0.15, 0.2) is 18.3 Å². The van der Waals surface area contributed by atoms with Crippen molar-refractivity contribution >= 4 is 40.7 Å². The van der Waals surface area contributed by atoms with E-state index in [2.05, 4.69) is 9.88 Å². The monoisotopic (exact) mass is 351 g/mol. The maximum Gasteiger partial charge on any atom is 0.134 e. The number of aromatic nitrogens is 1. The number of ether oxygens (including phenoxy) is 1. The topological polar surface area (TPSA) is 101 Å². The number of nitrogens with one attached hydrogen (secondary N) is 1. The number of pyridine rings is 1. The van der Waals surface area contributed by atoms with Gasteiger partial charge < -0.3 is 26.5 Å². The lowest BCUT2D eigenvalue weighted by Gasteiger charge is -2.36. The normalized spacial score (nSPS) is 18.2. The second-order valence-electron chi connectivity index (χ2n) is 5.24. The number of morpholine rings is 1. The molecule has 1 aliphatic rings.